The summed E-state index contributed by atoms with van der Waals surface area (Å²) in [6.07, 6.45) is 0.136. The van der Waals surface area contributed by atoms with Gasteiger partial charge in [0.05, 0.1) is 7.11 Å². The van der Waals surface area contributed by atoms with Gasteiger partial charge in [0.1, 0.15) is 17.9 Å². The molecule has 2 atom stereocenters. The first-order valence-electron chi connectivity index (χ1n) is 11.0. The fraction of sp³-hybridized carbons (Fsp3) is 0.222. The van der Waals surface area contributed by atoms with E-state index >= 15 is 0 Å². The molecule has 6 nitrogen and oxygen atoms in total. The van der Waals surface area contributed by atoms with Crippen molar-refractivity contribution in [2.45, 2.75) is 31.3 Å². The van der Waals surface area contributed by atoms with Crippen LogP contribution < -0.4 is 10.6 Å². The predicted molar refractivity (Wildman–Crippen MR) is 125 cm³/mol. The number of rotatable bonds is 7. The van der Waals surface area contributed by atoms with Crippen molar-refractivity contribution in [1.82, 2.24) is 10.6 Å². The summed E-state index contributed by atoms with van der Waals surface area (Å²) >= 11 is 0. The number of hydrogen-bond donors (Lipinski definition) is 2. The summed E-state index contributed by atoms with van der Waals surface area (Å²) < 4.78 is 18.4. The number of esters is 1. The van der Waals surface area contributed by atoms with Gasteiger partial charge in [0.25, 0.3) is 0 Å². The molecule has 3 aromatic carbocycles. The Morgan fingerprint density at radius 3 is 1.97 bits per heavy atom. The Balaban J connectivity index is 1.66. The van der Waals surface area contributed by atoms with E-state index in [0.717, 1.165) is 22.3 Å². The van der Waals surface area contributed by atoms with E-state index in [2.05, 4.69) is 10.6 Å². The molecular formula is C27H25FN2O4. The molecule has 2 N–H and O–H groups in total. The number of carbonyl (C=O) groups is 3. The van der Waals surface area contributed by atoms with E-state index in [1.54, 1.807) is 12.1 Å². The zero-order chi connectivity index (χ0) is 24.2. The summed E-state index contributed by atoms with van der Waals surface area (Å²) in [5, 5.41) is 5.46. The van der Waals surface area contributed by atoms with E-state index in [1.165, 1.54) is 26.2 Å². The van der Waals surface area contributed by atoms with Gasteiger partial charge in [-0.3, -0.25) is 9.59 Å². The van der Waals surface area contributed by atoms with E-state index < -0.39 is 41.6 Å². The Bertz CT molecular complexity index is 1180. The molecule has 7 heteroatoms. The summed E-state index contributed by atoms with van der Waals surface area (Å²) in [5.74, 6) is -2.36. The van der Waals surface area contributed by atoms with Gasteiger partial charge in [-0.2, -0.15) is 0 Å². The van der Waals surface area contributed by atoms with Crippen molar-refractivity contribution in [1.29, 1.82) is 0 Å². The van der Waals surface area contributed by atoms with Gasteiger partial charge in [-0.25, -0.2) is 9.18 Å². The first kappa shape index (κ1) is 23.2. The van der Waals surface area contributed by atoms with Crippen LogP contribution in [0.3, 0.4) is 0 Å². The molecule has 0 radical (unpaired) electrons. The van der Waals surface area contributed by atoms with Crippen LogP contribution in [0.15, 0.2) is 72.8 Å². The fourth-order valence-electron chi connectivity index (χ4n) is 4.52. The second-order valence-corrected chi connectivity index (χ2v) is 8.25. The Kier molecular flexibility index (Phi) is 6.72. The van der Waals surface area contributed by atoms with E-state index in [1.807, 2.05) is 48.5 Å². The van der Waals surface area contributed by atoms with E-state index in [0.29, 0.717) is 5.56 Å². The van der Waals surface area contributed by atoms with Crippen LogP contribution in [0.5, 0.6) is 0 Å². The van der Waals surface area contributed by atoms with E-state index in [-0.39, 0.29) is 6.42 Å². The monoisotopic (exact) mass is 460 g/mol. The molecule has 3 aromatic rings. The van der Waals surface area contributed by atoms with E-state index in [9.17, 15) is 18.8 Å². The van der Waals surface area contributed by atoms with Crippen molar-refractivity contribution in [3.8, 4) is 11.1 Å². The maximum atomic E-state index is 13.4. The quantitative estimate of drug-likeness (QED) is 0.530. The molecule has 0 saturated carbocycles. The van der Waals surface area contributed by atoms with Gasteiger partial charge in [0.2, 0.25) is 11.8 Å². The molecule has 0 heterocycles. The SMILES string of the molecule is COC(=O)[C@H](NC(=O)[C@@H](Cc1ccc(F)cc1)NC(C)=O)C1c2ccccc2-c2ccccc21. The highest BCUT2D eigenvalue weighted by Crippen LogP contribution is 2.46. The Morgan fingerprint density at radius 2 is 1.44 bits per heavy atom. The first-order chi connectivity index (χ1) is 16.4. The van der Waals surface area contributed by atoms with Crippen molar-refractivity contribution in [3.63, 3.8) is 0 Å². The molecule has 0 unspecified atom stereocenters. The van der Waals surface area contributed by atoms with Gasteiger partial charge in [-0.1, -0.05) is 60.7 Å². The van der Waals surface area contributed by atoms with Crippen molar-refractivity contribution in [3.05, 3.63) is 95.3 Å². The number of methoxy groups -OCH3 is 1. The van der Waals surface area contributed by atoms with Crippen molar-refractivity contribution in [2.24, 2.45) is 0 Å². The fourth-order valence-corrected chi connectivity index (χ4v) is 4.52. The molecule has 0 fully saturated rings. The molecule has 0 saturated heterocycles. The summed E-state index contributed by atoms with van der Waals surface area (Å²) in [5.41, 5.74) is 4.48. The maximum Gasteiger partial charge on any atom is 0.329 e. The van der Waals surface area contributed by atoms with Crippen molar-refractivity contribution < 1.29 is 23.5 Å². The Labute approximate surface area is 197 Å². The topological polar surface area (TPSA) is 84.5 Å². The molecule has 2 amide bonds. The molecule has 0 bridgehead atoms. The van der Waals surface area contributed by atoms with Gasteiger partial charge in [-0.15, -0.1) is 0 Å². The molecule has 1 aliphatic carbocycles. The van der Waals surface area contributed by atoms with Crippen LogP contribution in [0.1, 0.15) is 29.5 Å². The number of benzene rings is 3. The van der Waals surface area contributed by atoms with Crippen LogP contribution in [0.4, 0.5) is 4.39 Å². The van der Waals surface area contributed by atoms with Crippen molar-refractivity contribution >= 4 is 17.8 Å². The standard InChI is InChI=1S/C27H25FN2O4/c1-16(31)29-23(15-17-11-13-18(28)14-12-17)26(32)30-25(27(33)34-2)24-21-9-5-3-7-19(21)20-8-4-6-10-22(20)24/h3-14,23-25H,15H2,1-2H3,(H,29,31)(H,30,32)/t23-,25-/m1/s1. The number of halogens is 1. The minimum absolute atomic E-state index is 0.136. The molecule has 4 rings (SSSR count). The lowest BCUT2D eigenvalue weighted by Crippen LogP contribution is -2.54. The van der Waals surface area contributed by atoms with Crippen LogP contribution in [-0.4, -0.2) is 37.0 Å². The lowest BCUT2D eigenvalue weighted by atomic mass is 9.89. The van der Waals surface area contributed by atoms with Gasteiger partial charge in [-0.05, 0) is 39.9 Å². The van der Waals surface area contributed by atoms with Crippen LogP contribution in [-0.2, 0) is 25.5 Å². The van der Waals surface area contributed by atoms with Crippen LogP contribution in [0.2, 0.25) is 0 Å². The maximum absolute atomic E-state index is 13.4. The van der Waals surface area contributed by atoms with Gasteiger partial charge < -0.3 is 15.4 Å². The largest absolute Gasteiger partial charge is 0.467 e. The summed E-state index contributed by atoms with van der Waals surface area (Å²) in [7, 11) is 1.28. The van der Waals surface area contributed by atoms with Crippen LogP contribution in [0.25, 0.3) is 11.1 Å². The zero-order valence-corrected chi connectivity index (χ0v) is 18.9. The number of nitrogens with one attached hydrogen (secondary N) is 2. The third-order valence-electron chi connectivity index (χ3n) is 6.02. The lowest BCUT2D eigenvalue weighted by Gasteiger charge is -2.27. The van der Waals surface area contributed by atoms with E-state index in [4.69, 9.17) is 4.74 Å². The van der Waals surface area contributed by atoms with Gasteiger partial charge in [0, 0.05) is 19.3 Å². The molecule has 34 heavy (non-hydrogen) atoms. The van der Waals surface area contributed by atoms with Gasteiger partial charge >= 0.3 is 5.97 Å². The average molecular weight is 461 g/mol. The molecule has 0 spiro atoms. The van der Waals surface area contributed by atoms with Crippen molar-refractivity contribution in [2.75, 3.05) is 7.11 Å². The number of hydrogen-bond acceptors (Lipinski definition) is 4. The number of amides is 2. The first-order valence-corrected chi connectivity index (χ1v) is 11.0. The highest BCUT2D eigenvalue weighted by molar-refractivity contribution is 5.92. The highest BCUT2D eigenvalue weighted by Gasteiger charge is 2.40. The number of carbonyl (C=O) groups excluding carboxylic acids is 3. The molecule has 174 valence electrons. The minimum Gasteiger partial charge on any atom is -0.467 e. The lowest BCUT2D eigenvalue weighted by molar-refractivity contribution is -0.145. The number of ether oxygens (including phenoxy) is 1. The van der Waals surface area contributed by atoms with Crippen LogP contribution in [0, 0.1) is 5.82 Å². The average Bonchev–Trinajstić information content (AvgIpc) is 3.17. The smallest absolute Gasteiger partial charge is 0.329 e. The Hall–Kier alpha value is -4.00. The second kappa shape index (κ2) is 9.87. The van der Waals surface area contributed by atoms with Crippen LogP contribution >= 0.6 is 0 Å². The third-order valence-corrected chi connectivity index (χ3v) is 6.02. The summed E-state index contributed by atoms with van der Waals surface area (Å²) in [4.78, 5) is 38.1. The predicted octanol–water partition coefficient (Wildman–Crippen LogP) is 3.34. The normalized spacial score (nSPS) is 13.9. The Morgan fingerprint density at radius 1 is 0.882 bits per heavy atom. The third kappa shape index (κ3) is 4.69. The minimum atomic E-state index is -1.01. The molecule has 0 aliphatic heterocycles. The number of fused-ring (bicyclic) bond motifs is 3. The summed E-state index contributed by atoms with van der Waals surface area (Å²) in [6.45, 7) is 1.31. The zero-order valence-electron chi connectivity index (χ0n) is 18.9. The molecule has 1 aliphatic rings. The van der Waals surface area contributed by atoms with Gasteiger partial charge in [0.15, 0.2) is 0 Å². The second-order valence-electron chi connectivity index (χ2n) is 8.25. The molecular weight excluding hydrogens is 435 g/mol. The highest BCUT2D eigenvalue weighted by atomic mass is 19.1. The summed E-state index contributed by atoms with van der Waals surface area (Å²) in [6, 6.07) is 19.2. The molecule has 0 aromatic heterocycles.